The molecule has 2 aromatic carbocycles. The molecule has 28 heavy (non-hydrogen) atoms. The molecule has 0 spiro atoms. The Kier molecular flexibility index (Phi) is 4.44. The summed E-state index contributed by atoms with van der Waals surface area (Å²) in [5.41, 5.74) is 0.325. The summed E-state index contributed by atoms with van der Waals surface area (Å²) in [6.07, 6.45) is 3.79. The Balaban J connectivity index is 1.30. The van der Waals surface area contributed by atoms with E-state index in [1.807, 2.05) is 36.4 Å². The lowest BCUT2D eigenvalue weighted by Crippen LogP contribution is -2.53. The molecule has 5 nitrogen and oxygen atoms in total. The maximum atomic E-state index is 11.3. The Morgan fingerprint density at radius 3 is 2.54 bits per heavy atom. The minimum absolute atomic E-state index is 0.0326. The zero-order valence-corrected chi connectivity index (χ0v) is 16.2. The molecule has 2 aromatic rings. The molecule has 5 heteroatoms. The number of ether oxygens (including phenoxy) is 3. The van der Waals surface area contributed by atoms with E-state index >= 15 is 0 Å². The normalized spacial score (nSPS) is 31.6. The van der Waals surface area contributed by atoms with E-state index in [2.05, 4.69) is 17.0 Å². The van der Waals surface area contributed by atoms with Crippen molar-refractivity contribution in [2.24, 2.45) is 0 Å². The lowest BCUT2D eigenvalue weighted by atomic mass is 9.80. The lowest BCUT2D eigenvalue weighted by Gasteiger charge is -2.45. The molecule has 3 heterocycles. The SMILES string of the molecule is COc1cccc2c1O[C@@H](CN1C3CCC1CC(O)(c1ccccc1)C3)CO2. The highest BCUT2D eigenvalue weighted by Crippen LogP contribution is 2.46. The summed E-state index contributed by atoms with van der Waals surface area (Å²) in [5.74, 6) is 2.16. The van der Waals surface area contributed by atoms with E-state index in [-0.39, 0.29) is 6.10 Å². The minimum Gasteiger partial charge on any atom is -0.493 e. The fourth-order valence-electron chi connectivity index (χ4n) is 5.19. The van der Waals surface area contributed by atoms with Crippen molar-refractivity contribution in [3.63, 3.8) is 0 Å². The number of rotatable bonds is 4. The van der Waals surface area contributed by atoms with Crippen LogP contribution in [-0.4, -0.2) is 48.5 Å². The van der Waals surface area contributed by atoms with Crippen LogP contribution in [0.1, 0.15) is 31.2 Å². The summed E-state index contributed by atoms with van der Waals surface area (Å²) >= 11 is 0. The third-order valence-corrected chi connectivity index (χ3v) is 6.52. The molecule has 0 aliphatic carbocycles. The van der Waals surface area contributed by atoms with Crippen LogP contribution in [0.3, 0.4) is 0 Å². The molecule has 0 amide bonds. The zero-order valence-electron chi connectivity index (χ0n) is 16.2. The van der Waals surface area contributed by atoms with Gasteiger partial charge in [0.25, 0.3) is 0 Å². The summed E-state index contributed by atoms with van der Waals surface area (Å²) in [4.78, 5) is 2.53. The van der Waals surface area contributed by atoms with Gasteiger partial charge >= 0.3 is 0 Å². The molecule has 5 rings (SSSR count). The van der Waals surface area contributed by atoms with Crippen molar-refractivity contribution in [2.75, 3.05) is 20.3 Å². The minimum atomic E-state index is -0.719. The first-order chi connectivity index (χ1) is 13.7. The average molecular weight is 381 g/mol. The number of aliphatic hydroxyl groups is 1. The predicted octanol–water partition coefficient (Wildman–Crippen LogP) is 3.35. The van der Waals surface area contributed by atoms with E-state index in [4.69, 9.17) is 14.2 Å². The van der Waals surface area contributed by atoms with Crippen molar-refractivity contribution in [3.05, 3.63) is 54.1 Å². The predicted molar refractivity (Wildman–Crippen MR) is 106 cm³/mol. The molecule has 2 bridgehead atoms. The van der Waals surface area contributed by atoms with Gasteiger partial charge in [-0.1, -0.05) is 36.4 Å². The number of fused-ring (bicyclic) bond motifs is 3. The first kappa shape index (κ1) is 17.8. The molecule has 1 N–H and O–H groups in total. The van der Waals surface area contributed by atoms with Gasteiger partial charge in [-0.2, -0.15) is 0 Å². The van der Waals surface area contributed by atoms with Crippen molar-refractivity contribution in [3.8, 4) is 17.2 Å². The number of para-hydroxylation sites is 1. The molecular weight excluding hydrogens is 354 g/mol. The van der Waals surface area contributed by atoms with E-state index < -0.39 is 5.60 Å². The van der Waals surface area contributed by atoms with Gasteiger partial charge in [0.15, 0.2) is 11.5 Å². The third-order valence-electron chi connectivity index (χ3n) is 6.52. The second-order valence-corrected chi connectivity index (χ2v) is 8.23. The summed E-state index contributed by atoms with van der Waals surface area (Å²) in [7, 11) is 1.65. The first-order valence-corrected chi connectivity index (χ1v) is 10.2. The lowest BCUT2D eigenvalue weighted by molar-refractivity contribution is -0.0688. The second kappa shape index (κ2) is 6.98. The summed E-state index contributed by atoms with van der Waals surface area (Å²) in [6, 6.07) is 16.6. The van der Waals surface area contributed by atoms with Crippen molar-refractivity contribution >= 4 is 0 Å². The van der Waals surface area contributed by atoms with Crippen LogP contribution >= 0.6 is 0 Å². The smallest absolute Gasteiger partial charge is 0.204 e. The maximum Gasteiger partial charge on any atom is 0.204 e. The van der Waals surface area contributed by atoms with E-state index in [9.17, 15) is 5.11 Å². The Morgan fingerprint density at radius 1 is 1.07 bits per heavy atom. The van der Waals surface area contributed by atoms with Crippen molar-refractivity contribution in [2.45, 2.75) is 49.5 Å². The van der Waals surface area contributed by atoms with Gasteiger partial charge in [0.05, 0.1) is 12.7 Å². The van der Waals surface area contributed by atoms with Crippen LogP contribution in [0.25, 0.3) is 0 Å². The first-order valence-electron chi connectivity index (χ1n) is 10.2. The van der Waals surface area contributed by atoms with Gasteiger partial charge in [0.1, 0.15) is 12.7 Å². The molecule has 3 atom stereocenters. The number of hydrogen-bond donors (Lipinski definition) is 1. The van der Waals surface area contributed by atoms with Crippen LogP contribution in [0.4, 0.5) is 0 Å². The Labute approximate surface area is 165 Å². The summed E-state index contributed by atoms with van der Waals surface area (Å²) in [5, 5.41) is 11.3. The van der Waals surface area contributed by atoms with E-state index in [1.165, 1.54) is 0 Å². The molecule has 2 fully saturated rings. The molecule has 0 saturated carbocycles. The second-order valence-electron chi connectivity index (χ2n) is 8.23. The fourth-order valence-corrected chi connectivity index (χ4v) is 5.19. The van der Waals surface area contributed by atoms with Gasteiger partial charge in [0, 0.05) is 18.6 Å². The average Bonchev–Trinajstić information content (AvgIpc) is 2.97. The van der Waals surface area contributed by atoms with Gasteiger partial charge in [0.2, 0.25) is 5.75 Å². The van der Waals surface area contributed by atoms with E-state index in [0.717, 1.165) is 43.5 Å². The standard InChI is InChI=1S/C23H27NO4/c1-26-20-8-5-9-21-22(20)28-19(15-27-21)14-24-17-10-11-18(24)13-23(25,12-17)16-6-3-2-4-7-16/h2-9,17-19,25H,10-15H2,1H3/t17?,18?,19-,23?/m0/s1. The largest absolute Gasteiger partial charge is 0.493 e. The van der Waals surface area contributed by atoms with Crippen LogP contribution in [0.15, 0.2) is 48.5 Å². The van der Waals surface area contributed by atoms with Crippen LogP contribution in [-0.2, 0) is 5.60 Å². The number of hydrogen-bond acceptors (Lipinski definition) is 5. The molecule has 2 unspecified atom stereocenters. The Bertz CT molecular complexity index is 812. The van der Waals surface area contributed by atoms with Gasteiger partial charge in [-0.15, -0.1) is 0 Å². The van der Waals surface area contributed by atoms with Crippen molar-refractivity contribution in [1.82, 2.24) is 4.90 Å². The van der Waals surface area contributed by atoms with Crippen LogP contribution in [0, 0.1) is 0 Å². The monoisotopic (exact) mass is 381 g/mol. The number of methoxy groups -OCH3 is 1. The highest BCUT2D eigenvalue weighted by molar-refractivity contribution is 5.52. The van der Waals surface area contributed by atoms with Crippen LogP contribution < -0.4 is 14.2 Å². The molecule has 0 radical (unpaired) electrons. The highest BCUT2D eigenvalue weighted by atomic mass is 16.6. The quantitative estimate of drug-likeness (QED) is 0.880. The molecule has 0 aromatic heterocycles. The Hall–Kier alpha value is -2.24. The third kappa shape index (κ3) is 3.03. The molecule has 3 aliphatic heterocycles. The number of piperidine rings is 1. The molecular formula is C23H27NO4. The number of benzene rings is 2. The number of nitrogens with zero attached hydrogens (tertiary/aromatic N) is 1. The molecule has 148 valence electrons. The summed E-state index contributed by atoms with van der Waals surface area (Å²) < 4.78 is 17.6. The van der Waals surface area contributed by atoms with Gasteiger partial charge in [-0.05, 0) is 43.4 Å². The van der Waals surface area contributed by atoms with Crippen LogP contribution in [0.5, 0.6) is 17.2 Å². The maximum absolute atomic E-state index is 11.3. The molecule has 3 aliphatic rings. The van der Waals surface area contributed by atoms with Crippen molar-refractivity contribution in [1.29, 1.82) is 0 Å². The highest BCUT2D eigenvalue weighted by Gasteiger charge is 2.49. The fraction of sp³-hybridized carbons (Fsp3) is 0.478. The van der Waals surface area contributed by atoms with E-state index in [1.54, 1.807) is 7.11 Å². The van der Waals surface area contributed by atoms with Crippen LogP contribution in [0.2, 0.25) is 0 Å². The van der Waals surface area contributed by atoms with E-state index in [0.29, 0.717) is 30.2 Å². The van der Waals surface area contributed by atoms with Gasteiger partial charge < -0.3 is 19.3 Å². The van der Waals surface area contributed by atoms with Crippen molar-refractivity contribution < 1.29 is 19.3 Å². The van der Waals surface area contributed by atoms with Gasteiger partial charge in [-0.25, -0.2) is 0 Å². The summed E-state index contributed by atoms with van der Waals surface area (Å²) in [6.45, 7) is 1.36. The Morgan fingerprint density at radius 2 is 1.82 bits per heavy atom. The van der Waals surface area contributed by atoms with Gasteiger partial charge in [-0.3, -0.25) is 4.90 Å². The molecule has 2 saturated heterocycles. The zero-order chi connectivity index (χ0) is 19.1. The topological polar surface area (TPSA) is 51.2 Å².